The summed E-state index contributed by atoms with van der Waals surface area (Å²) in [7, 11) is 4.55. The van der Waals surface area contributed by atoms with E-state index in [0.717, 1.165) is 69.9 Å². The number of ketones is 4. The minimum atomic E-state index is -4.64. The molecule has 0 bridgehead atoms. The van der Waals surface area contributed by atoms with E-state index < -0.39 is 195 Å². The van der Waals surface area contributed by atoms with Gasteiger partial charge in [0, 0.05) is 76.3 Å². The molecule has 0 aliphatic heterocycles. The number of rotatable bonds is 31. The number of hydrogen-bond acceptors (Lipinski definition) is 33. The van der Waals surface area contributed by atoms with Crippen LogP contribution in [0.25, 0.3) is 0 Å². The van der Waals surface area contributed by atoms with Gasteiger partial charge in [-0.3, -0.25) is 38.4 Å². The number of Topliss-reactive ketones (excluding diaryl/α,β-unsaturated/α-hetero) is 4. The molecule has 0 rings (SSSR count). The van der Waals surface area contributed by atoms with Gasteiger partial charge < -0.3 is 118 Å². The van der Waals surface area contributed by atoms with Crippen molar-refractivity contribution < 1.29 is 248 Å². The largest absolute Gasteiger partial charge is 1.00 e. The summed E-state index contributed by atoms with van der Waals surface area (Å²) < 4.78 is 155. The zero-order chi connectivity index (χ0) is 82.0. The normalized spacial score (nSPS) is 11.3. The summed E-state index contributed by atoms with van der Waals surface area (Å²) in [6.07, 6.45) is -9.98. The van der Waals surface area contributed by atoms with Crippen LogP contribution in [0.3, 0.4) is 0 Å². The van der Waals surface area contributed by atoms with Crippen molar-refractivity contribution in [1.29, 1.82) is 0 Å². The van der Waals surface area contributed by atoms with E-state index in [-0.39, 0.29) is 52.0 Å². The Balaban J connectivity index is -0.000000152. The first-order chi connectivity index (χ1) is 47.2. The van der Waals surface area contributed by atoms with Crippen LogP contribution >= 0.6 is 0 Å². The molecule has 16 N–H and O–H groups in total. The lowest BCUT2D eigenvalue weighted by Gasteiger charge is -2.14. The molecule has 0 saturated heterocycles. The topological polar surface area (TPSA) is 645 Å². The standard InChI is InChI=1S/C12H16N2O9.C12H17NO8.2C10H13NO8.3C3H3F3O.CH4.ClH/c1-21-10(18)2-3-11(19)22-6-23-12(20)7(4-9(16)17)14-8(15)5-13;1-8(14)9(13)7-21-12(17)20-6-5-19-11(16)4-3-10(15)18-2;1-17-8(14)2-3-9(15)18-5-19-10(16)6(11)4-7(12)13;1-17-7(12)2-3-8(13)18-5-19-9(14)4-6(11)10(15)16;3*1-2(7)3(4,5)6;;/h2-3,7H,4-6,13H2,1H3,(H,14,15)(H,16,17);3-4,9H,5-7,13H2,1-2H3;2-3,6H,4-5,11H2,1H3,(H,12,13);2-3,6H,4-5,11H2,1H3,(H,15,16);3*1H3;1H4;1H/p+3/b3-2+;4-3+;2*3-2+;;;;;/t7-;9-;2*6-;;;;;/m0000...../s1. The van der Waals surface area contributed by atoms with E-state index in [2.05, 4.69) is 89.8 Å². The van der Waals surface area contributed by atoms with Crippen LogP contribution < -0.4 is 40.7 Å². The molecule has 0 saturated carbocycles. The first-order valence-corrected chi connectivity index (χ1v) is 26.7. The smallest absolute Gasteiger partial charge is 0.508 e. The molecule has 0 aliphatic rings. The van der Waals surface area contributed by atoms with Gasteiger partial charge in [0.25, 0.3) is 5.91 Å². The Labute approximate surface area is 591 Å². The molecule has 0 aromatic heterocycles. The van der Waals surface area contributed by atoms with E-state index in [0.29, 0.717) is 20.8 Å². The van der Waals surface area contributed by atoms with Gasteiger partial charge in [-0.1, -0.05) is 7.43 Å². The predicted molar refractivity (Wildman–Crippen MR) is 308 cm³/mol. The second kappa shape index (κ2) is 63.4. The van der Waals surface area contributed by atoms with Crippen LogP contribution in [-0.4, -0.2) is 252 Å². The molecule has 0 heterocycles. The van der Waals surface area contributed by atoms with Gasteiger partial charge in [0.2, 0.25) is 37.7 Å². The lowest BCUT2D eigenvalue weighted by Crippen LogP contribution is -3.00. The minimum Gasteiger partial charge on any atom is -1.00 e. The van der Waals surface area contributed by atoms with Gasteiger partial charge in [-0.15, -0.1) is 0 Å². The highest BCUT2D eigenvalue weighted by Gasteiger charge is 2.35. The molecule has 0 fully saturated rings. The number of aliphatic carboxylic acids is 3. The van der Waals surface area contributed by atoms with Gasteiger partial charge in [-0.05, 0) is 0 Å². The molecular formula is C54H76ClF9N5O36+3. The number of carboxylic acid groups (broad SMARTS) is 3. The SMILES string of the molecule is C.CC(=O)C(F)(F)F.CC(=O)C(F)(F)F.CC(=O)C(F)(F)F.COC(=O)/C=C/C(=O)OCCOC(=O)OC[C@H]([NH3+])C(C)=O.COC(=O)/C=C/C(=O)OCOC(=O)C[C@H]([NH3+])C(=O)O.COC(=O)/C=C/C(=O)OCOC(=O)[C@@H]([NH3+])CC(=O)O.COC(=O)/C=C/C(=O)OCOC(=O)[C@H](CC(=O)O)NC(=O)C[NH3+].[Cl-]. The quantitative estimate of drug-likeness (QED) is 0.00798. The summed E-state index contributed by atoms with van der Waals surface area (Å²) in [6.45, 7) is -0.234. The molecular weight excluding hydrogens is 1500 g/mol. The molecule has 0 aromatic carbocycles. The maximum absolute atomic E-state index is 11.6. The number of esters is 11. The number of carbonyl (C=O) groups is 20. The molecule has 600 valence electrons. The van der Waals surface area contributed by atoms with Crippen LogP contribution in [0.5, 0.6) is 0 Å². The van der Waals surface area contributed by atoms with Crippen molar-refractivity contribution in [3.05, 3.63) is 48.6 Å². The van der Waals surface area contributed by atoms with Crippen molar-refractivity contribution in [2.45, 2.75) is 97.1 Å². The molecule has 105 heavy (non-hydrogen) atoms. The van der Waals surface area contributed by atoms with E-state index in [1.165, 1.54) is 14.0 Å². The Morgan fingerprint density at radius 2 is 0.695 bits per heavy atom. The number of carbonyl (C=O) groups excluding carboxylic acids is 17. The highest BCUT2D eigenvalue weighted by molar-refractivity contribution is 5.94. The third-order valence-corrected chi connectivity index (χ3v) is 8.92. The molecule has 0 unspecified atom stereocenters. The molecule has 1 amide bonds. The number of nitrogens with one attached hydrogen (secondary N) is 1. The van der Waals surface area contributed by atoms with Crippen LogP contribution in [0, 0.1) is 0 Å². The number of amides is 1. The number of hydrogen-bond donors (Lipinski definition) is 8. The lowest BCUT2D eigenvalue weighted by molar-refractivity contribution is -0.408. The van der Waals surface area contributed by atoms with Crippen molar-refractivity contribution in [2.24, 2.45) is 0 Å². The van der Waals surface area contributed by atoms with Gasteiger partial charge >= 0.3 is 108 Å². The number of halogens is 10. The van der Waals surface area contributed by atoms with Crippen LogP contribution in [0.4, 0.5) is 44.3 Å². The summed E-state index contributed by atoms with van der Waals surface area (Å²) in [5, 5.41) is 27.7. The molecule has 0 spiro atoms. The second-order valence-electron chi connectivity index (χ2n) is 17.2. The monoisotopic (exact) mass is 1580 g/mol. The molecule has 4 atom stereocenters. The Kier molecular flexibility index (Phi) is 67.6. The first kappa shape index (κ1) is 112. The number of alkyl halides is 9. The summed E-state index contributed by atoms with van der Waals surface area (Å²) in [4.78, 5) is 213. The third kappa shape index (κ3) is 78.0. The molecule has 0 aromatic rings. The van der Waals surface area contributed by atoms with Crippen LogP contribution in [0.1, 0.15) is 54.4 Å². The first-order valence-electron chi connectivity index (χ1n) is 26.7. The number of methoxy groups -OCH3 is 4. The Morgan fingerprint density at radius 3 is 0.981 bits per heavy atom. The highest BCUT2D eigenvalue weighted by Crippen LogP contribution is 2.16. The zero-order valence-electron chi connectivity index (χ0n) is 55.4. The number of ether oxygens (including phenoxy) is 13. The van der Waals surface area contributed by atoms with E-state index in [1.807, 2.05) is 0 Å². The predicted octanol–water partition coefficient (Wildman–Crippen LogP) is -7.68. The van der Waals surface area contributed by atoms with E-state index in [4.69, 9.17) is 15.3 Å². The third-order valence-electron chi connectivity index (χ3n) is 8.92. The summed E-state index contributed by atoms with van der Waals surface area (Å²) in [6, 6.07) is -4.32. The molecule has 0 radical (unpaired) electrons. The van der Waals surface area contributed by atoms with Gasteiger partial charge in [0.1, 0.15) is 32.1 Å². The highest BCUT2D eigenvalue weighted by atomic mass is 35.5. The fourth-order valence-corrected chi connectivity index (χ4v) is 3.54. The fraction of sp³-hybridized carbons (Fsp3) is 0.481. The van der Waals surface area contributed by atoms with Crippen molar-refractivity contribution in [3.8, 4) is 0 Å². The fourth-order valence-electron chi connectivity index (χ4n) is 3.54. The van der Waals surface area contributed by atoms with E-state index in [1.54, 1.807) is 0 Å². The zero-order valence-corrected chi connectivity index (χ0v) is 56.2. The van der Waals surface area contributed by atoms with Crippen LogP contribution in [0.2, 0.25) is 0 Å². The summed E-state index contributed by atoms with van der Waals surface area (Å²) in [5.74, 6) is -19.4. The number of quaternary nitrogens is 4. The van der Waals surface area contributed by atoms with Crippen LogP contribution in [0.15, 0.2) is 48.6 Å². The van der Waals surface area contributed by atoms with Crippen LogP contribution in [-0.2, 0) is 153 Å². The van der Waals surface area contributed by atoms with Gasteiger partial charge in [0.15, 0.2) is 37.1 Å². The van der Waals surface area contributed by atoms with Gasteiger partial charge in [0.05, 0.1) is 34.9 Å². The summed E-state index contributed by atoms with van der Waals surface area (Å²) >= 11 is 0. The Hall–Kier alpha value is -11.5. The molecule has 0 aliphatic carbocycles. The second-order valence-corrected chi connectivity index (χ2v) is 17.2. The van der Waals surface area contributed by atoms with Crippen molar-refractivity contribution in [2.75, 3.05) is 75.2 Å². The van der Waals surface area contributed by atoms with Crippen molar-refractivity contribution in [1.82, 2.24) is 5.32 Å². The Morgan fingerprint density at radius 1 is 0.400 bits per heavy atom. The maximum atomic E-state index is 11.6. The maximum Gasteiger partial charge on any atom is 0.508 e. The number of carboxylic acids is 3. The lowest BCUT2D eigenvalue weighted by atomic mass is 10.2. The van der Waals surface area contributed by atoms with Gasteiger partial charge in [-0.2, -0.15) is 39.5 Å². The minimum absolute atomic E-state index is 0. The molecule has 41 nitrogen and oxygen atoms in total. The van der Waals surface area contributed by atoms with Gasteiger partial charge in [-0.25, -0.2) is 57.5 Å². The average Bonchev–Trinajstić information content (AvgIpc) is 0.977. The Bertz CT molecular complexity index is 2940. The average molecular weight is 1580 g/mol. The van der Waals surface area contributed by atoms with Crippen molar-refractivity contribution in [3.63, 3.8) is 0 Å². The van der Waals surface area contributed by atoms with Crippen molar-refractivity contribution >= 4 is 119 Å². The summed E-state index contributed by atoms with van der Waals surface area (Å²) in [5.41, 5.74) is 13.2. The molecule has 51 heteroatoms. The van der Waals surface area contributed by atoms with E-state index >= 15 is 0 Å². The van der Waals surface area contributed by atoms with E-state index in [9.17, 15) is 135 Å².